The lowest BCUT2D eigenvalue weighted by molar-refractivity contribution is 0.447. The van der Waals surface area contributed by atoms with Crippen LogP contribution in [0.2, 0.25) is 0 Å². The van der Waals surface area contributed by atoms with Crippen molar-refractivity contribution in [2.45, 2.75) is 0 Å². The molecule has 0 aliphatic rings. The molecule has 1 aromatic heterocycles. The van der Waals surface area contributed by atoms with Crippen LogP contribution in [0, 0.1) is 17.5 Å². The van der Waals surface area contributed by atoms with Gasteiger partial charge in [-0.25, -0.2) is 13.2 Å². The van der Waals surface area contributed by atoms with Gasteiger partial charge in [0.05, 0.1) is 0 Å². The third-order valence-corrected chi connectivity index (χ3v) is 2.10. The van der Waals surface area contributed by atoms with Crippen molar-refractivity contribution in [1.29, 1.82) is 0 Å². The number of aromatic amines is 1. The summed E-state index contributed by atoms with van der Waals surface area (Å²) in [6, 6.07) is 4.34. The summed E-state index contributed by atoms with van der Waals surface area (Å²) in [6.45, 7) is 0. The maximum absolute atomic E-state index is 12.9. The molecule has 1 N–H and O–H groups in total. The topological polar surface area (TPSA) is 32.9 Å². The monoisotopic (exact) mass is 225 g/mol. The van der Waals surface area contributed by atoms with Crippen molar-refractivity contribution in [3.8, 4) is 11.1 Å². The Hall–Kier alpha value is -2.04. The van der Waals surface area contributed by atoms with E-state index in [9.17, 15) is 18.0 Å². The molecule has 82 valence electrons. The van der Waals surface area contributed by atoms with Crippen molar-refractivity contribution in [3.63, 3.8) is 0 Å². The highest BCUT2D eigenvalue weighted by molar-refractivity contribution is 5.62. The van der Waals surface area contributed by atoms with E-state index in [0.717, 1.165) is 12.1 Å². The van der Waals surface area contributed by atoms with Crippen LogP contribution in [0.25, 0.3) is 11.1 Å². The van der Waals surface area contributed by atoms with Crippen LogP contribution in [0.1, 0.15) is 0 Å². The highest BCUT2D eigenvalue weighted by Crippen LogP contribution is 2.22. The number of rotatable bonds is 1. The number of aromatic nitrogens is 1. The second-order valence-electron chi connectivity index (χ2n) is 3.20. The molecule has 2 aromatic rings. The average Bonchev–Trinajstić information content (AvgIpc) is 2.26. The Bertz CT molecular complexity index is 549. The van der Waals surface area contributed by atoms with Crippen LogP contribution in [-0.4, -0.2) is 4.98 Å². The highest BCUT2D eigenvalue weighted by Gasteiger charge is 2.11. The number of nitrogens with one attached hydrogen (secondary N) is 1. The SMILES string of the molecule is O=c1ccc(-c2cc(F)c(F)c(F)c2)c[nH]1. The molecule has 1 heterocycles. The van der Waals surface area contributed by atoms with Gasteiger partial charge in [0.1, 0.15) is 0 Å². The van der Waals surface area contributed by atoms with Gasteiger partial charge in [-0.2, -0.15) is 0 Å². The fraction of sp³-hybridized carbons (Fsp3) is 0. The van der Waals surface area contributed by atoms with E-state index in [4.69, 9.17) is 0 Å². The predicted molar refractivity (Wildman–Crippen MR) is 52.4 cm³/mol. The van der Waals surface area contributed by atoms with Crippen molar-refractivity contribution in [3.05, 3.63) is 58.3 Å². The standard InChI is InChI=1S/C11H6F3NO/c12-8-3-7(4-9(13)11(8)14)6-1-2-10(16)15-5-6/h1-5H,(H,15,16). The fourth-order valence-electron chi connectivity index (χ4n) is 1.31. The van der Waals surface area contributed by atoms with Gasteiger partial charge in [0, 0.05) is 12.3 Å². The third kappa shape index (κ3) is 1.84. The second-order valence-corrected chi connectivity index (χ2v) is 3.20. The van der Waals surface area contributed by atoms with Crippen molar-refractivity contribution >= 4 is 0 Å². The zero-order valence-electron chi connectivity index (χ0n) is 7.93. The molecule has 0 unspecified atom stereocenters. The molecule has 16 heavy (non-hydrogen) atoms. The van der Waals surface area contributed by atoms with Crippen LogP contribution in [0.4, 0.5) is 13.2 Å². The Morgan fingerprint density at radius 2 is 1.56 bits per heavy atom. The maximum atomic E-state index is 12.9. The van der Waals surface area contributed by atoms with Crippen molar-refractivity contribution in [1.82, 2.24) is 4.98 Å². The normalized spacial score (nSPS) is 10.4. The van der Waals surface area contributed by atoms with Crippen LogP contribution in [0.3, 0.4) is 0 Å². The lowest BCUT2D eigenvalue weighted by atomic mass is 10.1. The first-order valence-electron chi connectivity index (χ1n) is 4.41. The van der Waals surface area contributed by atoms with Crippen molar-refractivity contribution in [2.75, 3.05) is 0 Å². The van der Waals surface area contributed by atoms with Gasteiger partial charge in [-0.3, -0.25) is 4.79 Å². The highest BCUT2D eigenvalue weighted by atomic mass is 19.2. The number of pyridine rings is 1. The van der Waals surface area contributed by atoms with Gasteiger partial charge in [-0.1, -0.05) is 0 Å². The van der Waals surface area contributed by atoms with Crippen molar-refractivity contribution < 1.29 is 13.2 Å². The van der Waals surface area contributed by atoms with Crippen LogP contribution in [-0.2, 0) is 0 Å². The van der Waals surface area contributed by atoms with E-state index in [1.807, 2.05) is 0 Å². The minimum Gasteiger partial charge on any atom is -0.328 e. The van der Waals surface area contributed by atoms with Crippen LogP contribution >= 0.6 is 0 Å². The second kappa shape index (κ2) is 3.84. The molecule has 2 nitrogen and oxygen atoms in total. The third-order valence-electron chi connectivity index (χ3n) is 2.10. The molecule has 0 atom stereocenters. The fourth-order valence-corrected chi connectivity index (χ4v) is 1.31. The van der Waals surface area contributed by atoms with E-state index in [1.165, 1.54) is 18.3 Å². The Morgan fingerprint density at radius 1 is 0.938 bits per heavy atom. The zero-order valence-corrected chi connectivity index (χ0v) is 7.93. The average molecular weight is 225 g/mol. The number of hydrogen-bond donors (Lipinski definition) is 1. The molecule has 0 fully saturated rings. The quantitative estimate of drug-likeness (QED) is 0.743. The molecule has 2 rings (SSSR count). The van der Waals surface area contributed by atoms with Gasteiger partial charge in [-0.05, 0) is 29.3 Å². The molecule has 5 heteroatoms. The van der Waals surface area contributed by atoms with E-state index in [-0.39, 0.29) is 11.1 Å². The first kappa shape index (κ1) is 10.5. The summed E-state index contributed by atoms with van der Waals surface area (Å²) in [5.74, 6) is -4.03. The summed E-state index contributed by atoms with van der Waals surface area (Å²) in [6.07, 6.45) is 1.30. The summed E-state index contributed by atoms with van der Waals surface area (Å²) in [7, 11) is 0. The first-order chi connectivity index (χ1) is 7.58. The Kier molecular flexibility index (Phi) is 2.52. The van der Waals surface area contributed by atoms with Crippen LogP contribution in [0.5, 0.6) is 0 Å². The van der Waals surface area contributed by atoms with Crippen LogP contribution < -0.4 is 5.56 Å². The number of benzene rings is 1. The molecule has 0 aliphatic carbocycles. The largest absolute Gasteiger partial charge is 0.328 e. The molecule has 0 saturated carbocycles. The first-order valence-corrected chi connectivity index (χ1v) is 4.41. The van der Waals surface area contributed by atoms with Gasteiger partial charge < -0.3 is 4.98 Å². The van der Waals surface area contributed by atoms with Gasteiger partial charge in [0.2, 0.25) is 5.56 Å². The van der Waals surface area contributed by atoms with Crippen molar-refractivity contribution in [2.24, 2.45) is 0 Å². The molecule has 0 amide bonds. The van der Waals surface area contributed by atoms with Gasteiger partial charge in [0.15, 0.2) is 17.5 Å². The molecule has 0 saturated heterocycles. The lowest BCUT2D eigenvalue weighted by Gasteiger charge is -2.02. The Labute approximate surface area is 88.4 Å². The molecule has 0 spiro atoms. The lowest BCUT2D eigenvalue weighted by Crippen LogP contribution is -2.01. The zero-order chi connectivity index (χ0) is 11.7. The molecule has 0 bridgehead atoms. The number of halogens is 3. The Balaban J connectivity index is 2.56. The molecular formula is C11H6F3NO. The number of hydrogen-bond acceptors (Lipinski definition) is 1. The number of H-pyrrole nitrogens is 1. The Morgan fingerprint density at radius 3 is 2.06 bits per heavy atom. The van der Waals surface area contributed by atoms with Crippen LogP contribution in [0.15, 0.2) is 35.3 Å². The van der Waals surface area contributed by atoms with E-state index >= 15 is 0 Å². The maximum Gasteiger partial charge on any atom is 0.247 e. The molecular weight excluding hydrogens is 219 g/mol. The molecule has 0 aliphatic heterocycles. The minimum absolute atomic E-state index is 0.160. The van der Waals surface area contributed by atoms with E-state index < -0.39 is 17.5 Å². The van der Waals surface area contributed by atoms with Gasteiger partial charge in [0.25, 0.3) is 0 Å². The van der Waals surface area contributed by atoms with Gasteiger partial charge in [-0.15, -0.1) is 0 Å². The van der Waals surface area contributed by atoms with Gasteiger partial charge >= 0.3 is 0 Å². The minimum atomic E-state index is -1.51. The van der Waals surface area contributed by atoms with E-state index in [0.29, 0.717) is 5.56 Å². The summed E-state index contributed by atoms with van der Waals surface area (Å²) >= 11 is 0. The van der Waals surface area contributed by atoms with E-state index in [1.54, 1.807) is 0 Å². The summed E-state index contributed by atoms with van der Waals surface area (Å²) in [5, 5.41) is 0. The summed E-state index contributed by atoms with van der Waals surface area (Å²) in [4.78, 5) is 13.1. The summed E-state index contributed by atoms with van der Waals surface area (Å²) < 4.78 is 38.5. The molecule has 0 radical (unpaired) electrons. The van der Waals surface area contributed by atoms with E-state index in [2.05, 4.69) is 4.98 Å². The smallest absolute Gasteiger partial charge is 0.247 e. The molecule has 1 aromatic carbocycles. The summed E-state index contributed by atoms with van der Waals surface area (Å²) in [5.41, 5.74) is 0.233. The predicted octanol–water partition coefficient (Wildman–Crippen LogP) is 2.46.